The Morgan fingerprint density at radius 2 is 1.86 bits per heavy atom. The number of aliphatic hydroxyl groups is 1. The monoisotopic (exact) mass is 308 g/mol. The van der Waals surface area contributed by atoms with Crippen molar-refractivity contribution in [2.75, 3.05) is 26.4 Å². The molecule has 0 saturated heterocycles. The molecule has 0 spiro atoms. The predicted octanol–water partition coefficient (Wildman–Crippen LogP) is 0.551. The average Bonchev–Trinajstić information content (AvgIpc) is 2.54. The minimum absolute atomic E-state index is 0.0667. The highest BCUT2D eigenvalue weighted by Crippen LogP contribution is 2.13. The predicted molar refractivity (Wildman–Crippen MR) is 83.3 cm³/mol. The highest BCUT2D eigenvalue weighted by Gasteiger charge is 2.16. The number of hydrogen-bond acceptors (Lipinski definition) is 4. The molecular formula is C16H24N2O4. The van der Waals surface area contributed by atoms with E-state index in [0.29, 0.717) is 0 Å². The van der Waals surface area contributed by atoms with Gasteiger partial charge in [-0.3, -0.25) is 9.59 Å². The SMILES string of the molecule is CCc1ccc(C(C)NC(=O)C(=O)NCCOCCO)cc1. The van der Waals surface area contributed by atoms with E-state index < -0.39 is 11.8 Å². The minimum atomic E-state index is -0.690. The standard InChI is InChI=1S/C16H24N2O4/c1-3-13-4-6-14(7-5-13)12(2)18-16(21)15(20)17-8-10-22-11-9-19/h4-7,12,19H,3,8-11H2,1-2H3,(H,17,20)(H,18,21). The molecule has 2 amide bonds. The van der Waals surface area contributed by atoms with E-state index in [1.54, 1.807) is 0 Å². The van der Waals surface area contributed by atoms with Crippen molar-refractivity contribution in [3.63, 3.8) is 0 Å². The molecule has 0 heterocycles. The maximum absolute atomic E-state index is 11.8. The van der Waals surface area contributed by atoms with Crippen molar-refractivity contribution in [2.45, 2.75) is 26.3 Å². The third kappa shape index (κ3) is 6.24. The Morgan fingerprint density at radius 3 is 2.45 bits per heavy atom. The van der Waals surface area contributed by atoms with E-state index >= 15 is 0 Å². The van der Waals surface area contributed by atoms with Crippen LogP contribution in [0.15, 0.2) is 24.3 Å². The molecule has 1 rings (SSSR count). The van der Waals surface area contributed by atoms with E-state index in [0.717, 1.165) is 12.0 Å². The number of benzene rings is 1. The highest BCUT2D eigenvalue weighted by molar-refractivity contribution is 6.35. The van der Waals surface area contributed by atoms with Crippen molar-refractivity contribution in [2.24, 2.45) is 0 Å². The Bertz CT molecular complexity index is 474. The summed E-state index contributed by atoms with van der Waals surface area (Å²) < 4.78 is 4.99. The number of amides is 2. The molecule has 1 atom stereocenters. The van der Waals surface area contributed by atoms with Gasteiger partial charge in [-0.05, 0) is 24.5 Å². The summed E-state index contributed by atoms with van der Waals surface area (Å²) in [4.78, 5) is 23.4. The summed E-state index contributed by atoms with van der Waals surface area (Å²) in [5.74, 6) is -1.36. The molecule has 6 heteroatoms. The van der Waals surface area contributed by atoms with Gasteiger partial charge in [-0.2, -0.15) is 0 Å². The van der Waals surface area contributed by atoms with Gasteiger partial charge in [-0.15, -0.1) is 0 Å². The lowest BCUT2D eigenvalue weighted by atomic mass is 10.1. The van der Waals surface area contributed by atoms with Crippen molar-refractivity contribution in [3.05, 3.63) is 35.4 Å². The maximum Gasteiger partial charge on any atom is 0.309 e. The molecule has 6 nitrogen and oxygen atoms in total. The van der Waals surface area contributed by atoms with E-state index in [9.17, 15) is 9.59 Å². The van der Waals surface area contributed by atoms with Gasteiger partial charge in [-0.25, -0.2) is 0 Å². The molecule has 1 aromatic carbocycles. The lowest BCUT2D eigenvalue weighted by Gasteiger charge is -2.14. The Balaban J connectivity index is 2.37. The molecule has 0 fully saturated rings. The van der Waals surface area contributed by atoms with Crippen LogP contribution in [-0.4, -0.2) is 43.3 Å². The van der Waals surface area contributed by atoms with Gasteiger partial charge in [0.15, 0.2) is 0 Å². The third-order valence-electron chi connectivity index (χ3n) is 3.21. The first-order valence-corrected chi connectivity index (χ1v) is 7.44. The van der Waals surface area contributed by atoms with Gasteiger partial charge in [0.2, 0.25) is 0 Å². The maximum atomic E-state index is 11.8. The molecular weight excluding hydrogens is 284 g/mol. The zero-order chi connectivity index (χ0) is 16.4. The van der Waals surface area contributed by atoms with Gasteiger partial charge in [-0.1, -0.05) is 31.2 Å². The molecule has 0 saturated carbocycles. The summed E-state index contributed by atoms with van der Waals surface area (Å²) in [5, 5.41) is 13.6. The minimum Gasteiger partial charge on any atom is -0.394 e. The molecule has 0 aliphatic rings. The van der Waals surface area contributed by atoms with Crippen LogP contribution in [0.3, 0.4) is 0 Å². The second-order valence-electron chi connectivity index (χ2n) is 4.88. The van der Waals surface area contributed by atoms with Crippen molar-refractivity contribution in [3.8, 4) is 0 Å². The zero-order valence-electron chi connectivity index (χ0n) is 13.1. The van der Waals surface area contributed by atoms with Crippen molar-refractivity contribution < 1.29 is 19.4 Å². The number of aryl methyl sites for hydroxylation is 1. The number of nitrogens with one attached hydrogen (secondary N) is 2. The third-order valence-corrected chi connectivity index (χ3v) is 3.21. The van der Waals surface area contributed by atoms with E-state index in [4.69, 9.17) is 9.84 Å². The number of carbonyl (C=O) groups is 2. The fourth-order valence-electron chi connectivity index (χ4n) is 1.87. The first-order valence-electron chi connectivity index (χ1n) is 7.44. The van der Waals surface area contributed by atoms with Crippen LogP contribution in [0.25, 0.3) is 0 Å². The molecule has 0 aliphatic carbocycles. The fourth-order valence-corrected chi connectivity index (χ4v) is 1.87. The van der Waals surface area contributed by atoms with Gasteiger partial charge in [0.05, 0.1) is 25.9 Å². The van der Waals surface area contributed by atoms with E-state index in [-0.39, 0.29) is 32.4 Å². The van der Waals surface area contributed by atoms with Gasteiger partial charge < -0.3 is 20.5 Å². The lowest BCUT2D eigenvalue weighted by Crippen LogP contribution is -2.42. The molecule has 122 valence electrons. The van der Waals surface area contributed by atoms with Gasteiger partial charge in [0, 0.05) is 6.54 Å². The number of hydrogen-bond donors (Lipinski definition) is 3. The quantitative estimate of drug-likeness (QED) is 0.483. The Labute approximate surface area is 130 Å². The number of ether oxygens (including phenoxy) is 1. The molecule has 3 N–H and O–H groups in total. The smallest absolute Gasteiger partial charge is 0.309 e. The number of rotatable bonds is 8. The molecule has 0 bridgehead atoms. The van der Waals surface area contributed by atoms with Gasteiger partial charge in [0.25, 0.3) is 0 Å². The Kier molecular flexibility index (Phi) is 8.17. The van der Waals surface area contributed by atoms with Crippen LogP contribution in [0.2, 0.25) is 0 Å². The zero-order valence-corrected chi connectivity index (χ0v) is 13.1. The van der Waals surface area contributed by atoms with Gasteiger partial charge >= 0.3 is 11.8 Å². The van der Waals surface area contributed by atoms with Crippen LogP contribution < -0.4 is 10.6 Å². The summed E-state index contributed by atoms with van der Waals surface area (Å²) in [7, 11) is 0. The summed E-state index contributed by atoms with van der Waals surface area (Å²) in [6.45, 7) is 4.54. The summed E-state index contributed by atoms with van der Waals surface area (Å²) in [6.07, 6.45) is 0.960. The largest absolute Gasteiger partial charge is 0.394 e. The summed E-state index contributed by atoms with van der Waals surface area (Å²) in [5.41, 5.74) is 2.17. The van der Waals surface area contributed by atoms with Crippen LogP contribution in [0.5, 0.6) is 0 Å². The van der Waals surface area contributed by atoms with Crippen molar-refractivity contribution in [1.82, 2.24) is 10.6 Å². The molecule has 1 aromatic rings. The summed E-state index contributed by atoms with van der Waals surface area (Å²) in [6, 6.07) is 7.68. The first kappa shape index (κ1) is 18.1. The van der Waals surface area contributed by atoms with Crippen LogP contribution in [-0.2, 0) is 20.7 Å². The molecule has 1 unspecified atom stereocenters. The molecule has 0 aromatic heterocycles. The van der Waals surface area contributed by atoms with E-state index in [1.807, 2.05) is 31.2 Å². The molecule has 0 aliphatic heterocycles. The van der Waals surface area contributed by atoms with Crippen molar-refractivity contribution in [1.29, 1.82) is 0 Å². The van der Waals surface area contributed by atoms with Crippen LogP contribution in [0.1, 0.15) is 31.0 Å². The Morgan fingerprint density at radius 1 is 1.18 bits per heavy atom. The van der Waals surface area contributed by atoms with Crippen molar-refractivity contribution >= 4 is 11.8 Å². The number of aliphatic hydroxyl groups excluding tert-OH is 1. The lowest BCUT2D eigenvalue weighted by molar-refractivity contribution is -0.139. The topological polar surface area (TPSA) is 87.7 Å². The summed E-state index contributed by atoms with van der Waals surface area (Å²) >= 11 is 0. The molecule has 22 heavy (non-hydrogen) atoms. The van der Waals surface area contributed by atoms with Gasteiger partial charge in [0.1, 0.15) is 0 Å². The normalized spacial score (nSPS) is 11.8. The second-order valence-corrected chi connectivity index (χ2v) is 4.88. The second kappa shape index (κ2) is 9.92. The van der Waals surface area contributed by atoms with E-state index in [1.165, 1.54) is 5.56 Å². The highest BCUT2D eigenvalue weighted by atomic mass is 16.5. The average molecular weight is 308 g/mol. The fraction of sp³-hybridized carbons (Fsp3) is 0.500. The number of carbonyl (C=O) groups excluding carboxylic acids is 2. The van der Waals surface area contributed by atoms with Crippen LogP contribution >= 0.6 is 0 Å². The van der Waals surface area contributed by atoms with Crippen LogP contribution in [0, 0.1) is 0 Å². The first-order chi connectivity index (χ1) is 10.6. The Hall–Kier alpha value is -1.92. The van der Waals surface area contributed by atoms with E-state index in [2.05, 4.69) is 17.6 Å². The van der Waals surface area contributed by atoms with Crippen LogP contribution in [0.4, 0.5) is 0 Å². The molecule has 0 radical (unpaired) electrons.